The van der Waals surface area contributed by atoms with Gasteiger partial charge in [0, 0.05) is 10.9 Å². The molecule has 11 heteroatoms. The molecule has 3 saturated heterocycles. The SMILES string of the molecule is CC1C[C@H]2SC13C(C(=O)NCn1nnc4ccccc41)N([C@H](CO)c1ccccc1)C(=O)[C@@H]3[C@H]2C(=O)Nc1ccccc1. The van der Waals surface area contributed by atoms with Gasteiger partial charge in [-0.25, -0.2) is 4.68 Å². The van der Waals surface area contributed by atoms with Gasteiger partial charge in [0.15, 0.2) is 0 Å². The molecular formula is C32H32N6O4S. The number of rotatable bonds is 8. The van der Waals surface area contributed by atoms with Crippen LogP contribution in [0.15, 0.2) is 84.9 Å². The third-order valence-corrected chi connectivity index (χ3v) is 11.4. The second kappa shape index (κ2) is 10.8. The van der Waals surface area contributed by atoms with Crippen LogP contribution in [0.1, 0.15) is 24.9 Å². The van der Waals surface area contributed by atoms with Crippen molar-refractivity contribution < 1.29 is 19.5 Å². The van der Waals surface area contributed by atoms with E-state index in [0.29, 0.717) is 17.6 Å². The van der Waals surface area contributed by atoms with Gasteiger partial charge in [-0.1, -0.05) is 72.8 Å². The number of amides is 3. The molecule has 0 aliphatic carbocycles. The van der Waals surface area contributed by atoms with Gasteiger partial charge in [-0.2, -0.15) is 0 Å². The van der Waals surface area contributed by atoms with Crippen molar-refractivity contribution in [3.05, 3.63) is 90.5 Å². The summed E-state index contributed by atoms with van der Waals surface area (Å²) in [6.07, 6.45) is 0.710. The Balaban J connectivity index is 1.27. The minimum absolute atomic E-state index is 0.0136. The molecule has 4 heterocycles. The van der Waals surface area contributed by atoms with Crippen LogP contribution in [0.25, 0.3) is 11.0 Å². The molecule has 0 saturated carbocycles. The van der Waals surface area contributed by atoms with E-state index in [1.165, 1.54) is 0 Å². The van der Waals surface area contributed by atoms with Crippen LogP contribution < -0.4 is 10.6 Å². The molecule has 3 amide bonds. The standard InChI is InChI=1S/C32H32N6O4S/c1-19-16-25-26(29(40)34-21-12-6-3-7-13-21)27-31(42)38(24(17-39)20-10-4-2-5-11-20)28(32(19,27)43-25)30(41)33-18-37-23-15-9-8-14-22(23)35-36-37/h2-15,19,24-28,39H,16-18H2,1H3,(H,33,41)(H,34,40)/t19?,24-,25-,26+,27+,28?,32?/m1/s1. The number of para-hydroxylation sites is 2. The molecule has 43 heavy (non-hydrogen) atoms. The molecule has 3 aliphatic rings. The Hall–Kier alpha value is -4.22. The summed E-state index contributed by atoms with van der Waals surface area (Å²) < 4.78 is 0.778. The van der Waals surface area contributed by atoms with Crippen LogP contribution in [0.5, 0.6) is 0 Å². The first kappa shape index (κ1) is 27.6. The number of aliphatic hydroxyl groups is 1. The van der Waals surface area contributed by atoms with Gasteiger partial charge >= 0.3 is 0 Å². The molecule has 2 bridgehead atoms. The highest BCUT2D eigenvalue weighted by molar-refractivity contribution is 8.02. The summed E-state index contributed by atoms with van der Waals surface area (Å²) in [6, 6.07) is 24.3. The van der Waals surface area contributed by atoms with Crippen molar-refractivity contribution in [2.24, 2.45) is 17.8 Å². The number of nitrogens with zero attached hydrogens (tertiary/aromatic N) is 4. The number of fused-ring (bicyclic) bond motifs is 2. The number of aliphatic hydroxyl groups excluding tert-OH is 1. The van der Waals surface area contributed by atoms with Crippen molar-refractivity contribution in [1.82, 2.24) is 25.2 Å². The largest absolute Gasteiger partial charge is 0.394 e. The highest BCUT2D eigenvalue weighted by Gasteiger charge is 2.76. The summed E-state index contributed by atoms with van der Waals surface area (Å²) >= 11 is 1.60. The lowest BCUT2D eigenvalue weighted by Gasteiger charge is -2.40. The van der Waals surface area contributed by atoms with E-state index < -0.39 is 28.7 Å². The molecule has 3 aromatic carbocycles. The van der Waals surface area contributed by atoms with Gasteiger partial charge in [0.2, 0.25) is 17.7 Å². The Morgan fingerprint density at radius 3 is 2.47 bits per heavy atom. The van der Waals surface area contributed by atoms with Crippen LogP contribution in [0.4, 0.5) is 5.69 Å². The average molecular weight is 597 g/mol. The summed E-state index contributed by atoms with van der Waals surface area (Å²) in [6.45, 7) is 1.78. The van der Waals surface area contributed by atoms with Crippen molar-refractivity contribution in [3.63, 3.8) is 0 Å². The molecular weight excluding hydrogens is 564 g/mol. The maximum atomic E-state index is 14.6. The van der Waals surface area contributed by atoms with Crippen LogP contribution >= 0.6 is 11.8 Å². The fourth-order valence-corrected chi connectivity index (χ4v) is 9.86. The molecule has 0 radical (unpaired) electrons. The zero-order valence-corrected chi connectivity index (χ0v) is 24.4. The summed E-state index contributed by atoms with van der Waals surface area (Å²) in [5.41, 5.74) is 2.88. The first-order valence-electron chi connectivity index (χ1n) is 14.5. The fraction of sp³-hybridized carbons (Fsp3) is 0.344. The highest BCUT2D eigenvalue weighted by Crippen LogP contribution is 2.69. The summed E-state index contributed by atoms with van der Waals surface area (Å²) in [7, 11) is 0. The van der Waals surface area contributed by atoms with Gasteiger partial charge < -0.3 is 20.6 Å². The van der Waals surface area contributed by atoms with Crippen LogP contribution in [-0.2, 0) is 21.1 Å². The molecule has 7 rings (SSSR count). The van der Waals surface area contributed by atoms with E-state index in [9.17, 15) is 19.5 Å². The third kappa shape index (κ3) is 4.32. The van der Waals surface area contributed by atoms with Crippen LogP contribution in [-0.4, -0.2) is 65.4 Å². The Kier molecular flexibility index (Phi) is 6.94. The van der Waals surface area contributed by atoms with Crippen LogP contribution in [0, 0.1) is 17.8 Å². The number of benzene rings is 3. The minimum Gasteiger partial charge on any atom is -0.394 e. The van der Waals surface area contributed by atoms with E-state index in [1.807, 2.05) is 84.9 Å². The van der Waals surface area contributed by atoms with E-state index in [-0.39, 0.29) is 42.2 Å². The Morgan fingerprint density at radius 2 is 1.72 bits per heavy atom. The van der Waals surface area contributed by atoms with Crippen LogP contribution in [0.2, 0.25) is 0 Å². The monoisotopic (exact) mass is 596 g/mol. The van der Waals surface area contributed by atoms with E-state index in [0.717, 1.165) is 11.1 Å². The number of hydrogen-bond donors (Lipinski definition) is 3. The lowest BCUT2D eigenvalue weighted by atomic mass is 9.66. The maximum absolute atomic E-state index is 14.6. The van der Waals surface area contributed by atoms with Gasteiger partial charge in [-0.3, -0.25) is 14.4 Å². The smallest absolute Gasteiger partial charge is 0.245 e. The number of carbonyl (C=O) groups excluding carboxylic acids is 3. The molecule has 4 aromatic rings. The molecule has 3 aliphatic heterocycles. The number of thioether (sulfide) groups is 1. The number of aromatic nitrogens is 3. The summed E-state index contributed by atoms with van der Waals surface area (Å²) in [4.78, 5) is 44.3. The first-order chi connectivity index (χ1) is 20.9. The van der Waals surface area contributed by atoms with Crippen molar-refractivity contribution in [2.45, 2.75) is 42.1 Å². The van der Waals surface area contributed by atoms with E-state index >= 15 is 0 Å². The molecule has 220 valence electrons. The second-order valence-corrected chi connectivity index (χ2v) is 13.1. The topological polar surface area (TPSA) is 129 Å². The highest BCUT2D eigenvalue weighted by atomic mass is 32.2. The van der Waals surface area contributed by atoms with Crippen molar-refractivity contribution in [1.29, 1.82) is 0 Å². The predicted octanol–water partition coefficient (Wildman–Crippen LogP) is 3.21. The van der Waals surface area contributed by atoms with Crippen molar-refractivity contribution >= 4 is 46.2 Å². The van der Waals surface area contributed by atoms with E-state index in [1.54, 1.807) is 21.3 Å². The van der Waals surface area contributed by atoms with Gasteiger partial charge in [0.1, 0.15) is 18.2 Å². The molecule has 1 aromatic heterocycles. The van der Waals surface area contributed by atoms with E-state index in [2.05, 4.69) is 27.9 Å². The van der Waals surface area contributed by atoms with Gasteiger partial charge in [0.05, 0.1) is 34.7 Å². The molecule has 3 N–H and O–H groups in total. The predicted molar refractivity (Wildman–Crippen MR) is 163 cm³/mol. The lowest BCUT2D eigenvalue weighted by Crippen LogP contribution is -2.57. The van der Waals surface area contributed by atoms with Gasteiger partial charge in [0.25, 0.3) is 0 Å². The lowest BCUT2D eigenvalue weighted by molar-refractivity contribution is -0.142. The third-order valence-electron chi connectivity index (χ3n) is 9.29. The number of likely N-dealkylation sites (tertiary alicyclic amines) is 1. The normalized spacial score (nSPS) is 28.2. The zero-order chi connectivity index (χ0) is 29.7. The average Bonchev–Trinajstić information content (AvgIpc) is 3.75. The minimum atomic E-state index is -0.906. The molecule has 3 fully saturated rings. The first-order valence-corrected chi connectivity index (χ1v) is 15.4. The van der Waals surface area contributed by atoms with Crippen LogP contribution in [0.3, 0.4) is 0 Å². The Labute approximate surface area is 252 Å². The zero-order valence-electron chi connectivity index (χ0n) is 23.5. The maximum Gasteiger partial charge on any atom is 0.245 e. The number of carbonyl (C=O) groups is 3. The molecule has 10 nitrogen and oxygen atoms in total. The van der Waals surface area contributed by atoms with Gasteiger partial charge in [-0.05, 0) is 42.2 Å². The number of hydrogen-bond acceptors (Lipinski definition) is 7. The van der Waals surface area contributed by atoms with Crippen molar-refractivity contribution in [3.8, 4) is 0 Å². The Bertz CT molecular complexity index is 1680. The number of anilines is 1. The summed E-state index contributed by atoms with van der Waals surface area (Å²) in [5.74, 6) is -2.16. The molecule has 7 atom stereocenters. The molecule has 3 unspecified atom stereocenters. The van der Waals surface area contributed by atoms with Gasteiger partial charge in [-0.15, -0.1) is 16.9 Å². The number of nitrogens with one attached hydrogen (secondary N) is 2. The summed E-state index contributed by atoms with van der Waals surface area (Å²) in [5, 5.41) is 25.0. The van der Waals surface area contributed by atoms with Crippen molar-refractivity contribution in [2.75, 3.05) is 11.9 Å². The van der Waals surface area contributed by atoms with E-state index in [4.69, 9.17) is 0 Å². The quantitative estimate of drug-likeness (QED) is 0.285. The second-order valence-electron chi connectivity index (χ2n) is 11.5. The fourth-order valence-electron chi connectivity index (χ4n) is 7.45. The Morgan fingerprint density at radius 1 is 1.02 bits per heavy atom. The molecule has 1 spiro atoms.